The number of hydrogen-bond donors (Lipinski definition) is 1. The Labute approximate surface area is 113 Å². The highest BCUT2D eigenvalue weighted by atomic mass is 16.5. The minimum atomic E-state index is 0.208. The number of rotatable bonds is 6. The predicted octanol–water partition coefficient (Wildman–Crippen LogP) is 2.44. The minimum absolute atomic E-state index is 0.208. The monoisotopic (exact) mass is 260 g/mol. The number of hydrogen-bond acceptors (Lipinski definition) is 5. The molecule has 0 saturated heterocycles. The molecule has 2 N–H and O–H groups in total. The zero-order chi connectivity index (χ0) is 13.7. The van der Waals surface area contributed by atoms with E-state index in [4.69, 9.17) is 10.3 Å². The van der Waals surface area contributed by atoms with Gasteiger partial charge in [-0.15, -0.1) is 0 Å². The van der Waals surface area contributed by atoms with Crippen molar-refractivity contribution in [2.45, 2.75) is 33.1 Å². The van der Waals surface area contributed by atoms with Gasteiger partial charge in [-0.3, -0.25) is 4.98 Å². The molecule has 2 rings (SSSR count). The minimum Gasteiger partial charge on any atom is -0.339 e. The van der Waals surface area contributed by atoms with Crippen molar-refractivity contribution >= 4 is 0 Å². The first-order chi connectivity index (χ1) is 9.11. The number of nitrogens with two attached hydrogens (primary N) is 1. The van der Waals surface area contributed by atoms with Crippen LogP contribution in [0.15, 0.2) is 29.0 Å². The van der Waals surface area contributed by atoms with E-state index in [-0.39, 0.29) is 5.41 Å². The third kappa shape index (κ3) is 3.86. The molecule has 0 bridgehead atoms. The molecule has 102 valence electrons. The summed E-state index contributed by atoms with van der Waals surface area (Å²) >= 11 is 0. The van der Waals surface area contributed by atoms with Crippen LogP contribution in [0, 0.1) is 5.41 Å². The van der Waals surface area contributed by atoms with Crippen LogP contribution in [0.25, 0.3) is 11.4 Å². The van der Waals surface area contributed by atoms with E-state index in [0.717, 1.165) is 24.8 Å². The molecule has 5 nitrogen and oxygen atoms in total. The summed E-state index contributed by atoms with van der Waals surface area (Å²) < 4.78 is 5.28. The molecule has 0 fully saturated rings. The topological polar surface area (TPSA) is 77.8 Å². The first-order valence-electron chi connectivity index (χ1n) is 6.54. The van der Waals surface area contributed by atoms with Crippen LogP contribution < -0.4 is 5.73 Å². The third-order valence-corrected chi connectivity index (χ3v) is 3.24. The van der Waals surface area contributed by atoms with Gasteiger partial charge in [0.05, 0.1) is 0 Å². The van der Waals surface area contributed by atoms with E-state index in [9.17, 15) is 0 Å². The molecule has 2 aromatic heterocycles. The van der Waals surface area contributed by atoms with Crippen molar-refractivity contribution in [2.75, 3.05) is 6.54 Å². The van der Waals surface area contributed by atoms with Crippen LogP contribution in [0.1, 0.15) is 32.6 Å². The number of pyridine rings is 1. The summed E-state index contributed by atoms with van der Waals surface area (Å²) in [7, 11) is 0. The molecule has 0 aliphatic heterocycles. The molecule has 0 radical (unpaired) electrons. The van der Waals surface area contributed by atoms with Gasteiger partial charge in [-0.2, -0.15) is 4.98 Å². The van der Waals surface area contributed by atoms with Gasteiger partial charge >= 0.3 is 0 Å². The maximum absolute atomic E-state index is 5.61. The second-order valence-corrected chi connectivity index (χ2v) is 5.45. The van der Waals surface area contributed by atoms with E-state index in [0.29, 0.717) is 18.3 Å². The van der Waals surface area contributed by atoms with Gasteiger partial charge < -0.3 is 10.3 Å². The molecule has 2 heterocycles. The Morgan fingerprint density at radius 1 is 1.21 bits per heavy atom. The van der Waals surface area contributed by atoms with Crippen LogP contribution in [0.2, 0.25) is 0 Å². The summed E-state index contributed by atoms with van der Waals surface area (Å²) in [5, 5.41) is 3.99. The molecule has 0 aromatic carbocycles. The average molecular weight is 260 g/mol. The van der Waals surface area contributed by atoms with Crippen molar-refractivity contribution < 1.29 is 4.52 Å². The van der Waals surface area contributed by atoms with Crippen LogP contribution in [-0.2, 0) is 6.42 Å². The van der Waals surface area contributed by atoms with E-state index in [1.807, 2.05) is 12.1 Å². The lowest BCUT2D eigenvalue weighted by atomic mass is 9.84. The fourth-order valence-electron chi connectivity index (χ4n) is 1.94. The Morgan fingerprint density at radius 2 is 1.95 bits per heavy atom. The lowest BCUT2D eigenvalue weighted by Gasteiger charge is -2.22. The zero-order valence-corrected chi connectivity index (χ0v) is 11.5. The van der Waals surface area contributed by atoms with E-state index < -0.39 is 0 Å². The maximum Gasteiger partial charge on any atom is 0.226 e. The number of aryl methyl sites for hydroxylation is 1. The Bertz CT molecular complexity index is 507. The van der Waals surface area contributed by atoms with Gasteiger partial charge in [0.1, 0.15) is 0 Å². The van der Waals surface area contributed by atoms with Gasteiger partial charge in [-0.1, -0.05) is 19.0 Å². The standard InChI is InChI=1S/C14H20N4O/c1-14(2,7-8-15)6-3-12-17-13(18-19-12)11-4-9-16-10-5-11/h4-5,9-10H,3,6-8,15H2,1-2H3. The highest BCUT2D eigenvalue weighted by Crippen LogP contribution is 2.26. The second kappa shape index (κ2) is 5.93. The van der Waals surface area contributed by atoms with Crippen molar-refractivity contribution in [3.63, 3.8) is 0 Å². The molecule has 5 heteroatoms. The molecule has 0 saturated carbocycles. The second-order valence-electron chi connectivity index (χ2n) is 5.45. The van der Waals surface area contributed by atoms with Crippen molar-refractivity contribution in [3.8, 4) is 11.4 Å². The number of nitrogens with zero attached hydrogens (tertiary/aromatic N) is 3. The summed E-state index contributed by atoms with van der Waals surface area (Å²) in [6.07, 6.45) is 6.21. The molecule has 0 unspecified atom stereocenters. The van der Waals surface area contributed by atoms with Gasteiger partial charge in [0.25, 0.3) is 0 Å². The Balaban J connectivity index is 1.99. The summed E-state index contributed by atoms with van der Waals surface area (Å²) in [6, 6.07) is 3.74. The highest BCUT2D eigenvalue weighted by Gasteiger charge is 2.18. The Morgan fingerprint density at radius 3 is 2.63 bits per heavy atom. The van der Waals surface area contributed by atoms with Crippen molar-refractivity contribution in [1.82, 2.24) is 15.1 Å². The van der Waals surface area contributed by atoms with Gasteiger partial charge in [0.15, 0.2) is 0 Å². The molecule has 0 atom stereocenters. The largest absolute Gasteiger partial charge is 0.339 e. The lowest BCUT2D eigenvalue weighted by Crippen LogP contribution is -2.17. The van der Waals surface area contributed by atoms with E-state index >= 15 is 0 Å². The van der Waals surface area contributed by atoms with Crippen LogP contribution >= 0.6 is 0 Å². The molecule has 0 aliphatic carbocycles. The summed E-state index contributed by atoms with van der Waals surface area (Å²) in [5.74, 6) is 1.30. The average Bonchev–Trinajstić information content (AvgIpc) is 2.86. The van der Waals surface area contributed by atoms with Gasteiger partial charge in [-0.05, 0) is 36.9 Å². The quantitative estimate of drug-likeness (QED) is 0.863. The fraction of sp³-hybridized carbons (Fsp3) is 0.500. The number of aromatic nitrogens is 3. The van der Waals surface area contributed by atoms with Crippen molar-refractivity contribution in [1.29, 1.82) is 0 Å². The van der Waals surface area contributed by atoms with Crippen LogP contribution in [-0.4, -0.2) is 21.7 Å². The molecule has 2 aromatic rings. The Hall–Kier alpha value is -1.75. The van der Waals surface area contributed by atoms with E-state index in [1.165, 1.54) is 0 Å². The van der Waals surface area contributed by atoms with Crippen LogP contribution in [0.3, 0.4) is 0 Å². The normalized spacial score (nSPS) is 11.7. The van der Waals surface area contributed by atoms with Crippen LogP contribution in [0.5, 0.6) is 0 Å². The molecule has 19 heavy (non-hydrogen) atoms. The van der Waals surface area contributed by atoms with Gasteiger partial charge in [-0.25, -0.2) is 0 Å². The smallest absolute Gasteiger partial charge is 0.226 e. The maximum atomic E-state index is 5.61. The first-order valence-corrected chi connectivity index (χ1v) is 6.54. The molecular weight excluding hydrogens is 240 g/mol. The lowest BCUT2D eigenvalue weighted by molar-refractivity contribution is 0.289. The third-order valence-electron chi connectivity index (χ3n) is 3.24. The van der Waals surface area contributed by atoms with Gasteiger partial charge in [0.2, 0.25) is 11.7 Å². The molecule has 0 amide bonds. The van der Waals surface area contributed by atoms with E-state index in [1.54, 1.807) is 12.4 Å². The highest BCUT2D eigenvalue weighted by molar-refractivity contribution is 5.52. The summed E-state index contributed by atoms with van der Waals surface area (Å²) in [5.41, 5.74) is 6.74. The summed E-state index contributed by atoms with van der Waals surface area (Å²) in [6.45, 7) is 5.12. The van der Waals surface area contributed by atoms with Crippen molar-refractivity contribution in [3.05, 3.63) is 30.4 Å². The summed E-state index contributed by atoms with van der Waals surface area (Å²) in [4.78, 5) is 8.38. The van der Waals surface area contributed by atoms with Gasteiger partial charge in [0, 0.05) is 24.4 Å². The Kier molecular flexibility index (Phi) is 4.27. The zero-order valence-electron chi connectivity index (χ0n) is 11.5. The first kappa shape index (κ1) is 13.7. The molecular formula is C14H20N4O. The molecule has 0 aliphatic rings. The SMILES string of the molecule is CC(C)(CCN)CCc1nc(-c2ccncc2)no1. The molecule has 0 spiro atoms. The van der Waals surface area contributed by atoms with Crippen molar-refractivity contribution in [2.24, 2.45) is 11.1 Å². The van der Waals surface area contributed by atoms with Crippen LogP contribution in [0.4, 0.5) is 0 Å². The van der Waals surface area contributed by atoms with E-state index in [2.05, 4.69) is 29.0 Å². The fourth-order valence-corrected chi connectivity index (χ4v) is 1.94. The predicted molar refractivity (Wildman–Crippen MR) is 73.3 cm³/mol.